The molecule has 0 spiro atoms. The van der Waals surface area contributed by atoms with Crippen LogP contribution in [0.15, 0.2) is 54.7 Å². The second-order valence-electron chi connectivity index (χ2n) is 16.3. The minimum Gasteiger partial charge on any atom is -0.369 e. The Balaban J connectivity index is 0.777. The molecule has 0 saturated carbocycles. The highest BCUT2D eigenvalue weighted by atomic mass is 35.5. The Morgan fingerprint density at radius 2 is 1.60 bits per heavy atom. The fourth-order valence-corrected chi connectivity index (χ4v) is 9.49. The number of Topliss-reactive ketones (excluding diaryl/α,β-unsaturated/α-hetero) is 2. The van der Waals surface area contributed by atoms with Gasteiger partial charge in [0.2, 0.25) is 17.5 Å². The zero-order valence-corrected chi connectivity index (χ0v) is 33.6. The zero-order chi connectivity index (χ0) is 40.7. The van der Waals surface area contributed by atoms with Gasteiger partial charge in [-0.1, -0.05) is 17.7 Å². The number of carbonyl (C=O) groups is 5. The van der Waals surface area contributed by atoms with Crippen molar-refractivity contribution in [1.82, 2.24) is 20.1 Å². The Morgan fingerprint density at radius 3 is 2.29 bits per heavy atom. The van der Waals surface area contributed by atoms with E-state index in [2.05, 4.69) is 42.0 Å². The summed E-state index contributed by atoms with van der Waals surface area (Å²) in [5, 5.41) is 5.76. The number of pyridine rings is 1. The molecule has 4 atom stereocenters. The number of nitrogens with zero attached hydrogens (tertiary/aromatic N) is 7. The van der Waals surface area contributed by atoms with Crippen molar-refractivity contribution in [3.05, 3.63) is 82.3 Å². The first-order chi connectivity index (χ1) is 28.0. The van der Waals surface area contributed by atoms with Crippen LogP contribution >= 0.6 is 11.6 Å². The van der Waals surface area contributed by atoms with Gasteiger partial charge in [0.15, 0.2) is 11.6 Å². The molecule has 3 aromatic rings. The first kappa shape index (κ1) is 39.3. The van der Waals surface area contributed by atoms with Crippen molar-refractivity contribution in [3.8, 4) is 0 Å². The van der Waals surface area contributed by atoms with Crippen LogP contribution in [0.1, 0.15) is 60.2 Å². The van der Waals surface area contributed by atoms with Gasteiger partial charge in [0.05, 0.1) is 30.3 Å². The topological polar surface area (TPSA) is 143 Å². The summed E-state index contributed by atoms with van der Waals surface area (Å²) in [4.78, 5) is 83.4. The third-order valence-corrected chi connectivity index (χ3v) is 12.9. The predicted molar refractivity (Wildman–Crippen MR) is 222 cm³/mol. The van der Waals surface area contributed by atoms with Crippen LogP contribution in [0.4, 0.5) is 33.4 Å². The van der Waals surface area contributed by atoms with E-state index in [4.69, 9.17) is 23.2 Å². The summed E-state index contributed by atoms with van der Waals surface area (Å²) in [6, 6.07) is 14.7. The molecule has 14 nitrogen and oxygen atoms in total. The van der Waals surface area contributed by atoms with Crippen molar-refractivity contribution in [3.63, 3.8) is 0 Å². The number of urea groups is 1. The first-order valence-electron chi connectivity index (χ1n) is 20.2. The van der Waals surface area contributed by atoms with Crippen molar-refractivity contribution in [2.75, 3.05) is 78.9 Å². The molecule has 1 aromatic heterocycles. The monoisotopic (exact) mass is 805 g/mol. The number of carbonyl (C=O) groups excluding carboxylic acids is 5. The van der Waals surface area contributed by atoms with Crippen LogP contribution in [0, 0.1) is 24.3 Å². The Hall–Kier alpha value is -5.52. The Labute approximate surface area is 343 Å². The molecule has 2 aromatic carbocycles. The Morgan fingerprint density at radius 1 is 0.862 bits per heavy atom. The van der Waals surface area contributed by atoms with Gasteiger partial charge in [0.1, 0.15) is 5.82 Å². The van der Waals surface area contributed by atoms with E-state index >= 15 is 0 Å². The maximum absolute atomic E-state index is 13.4. The number of hydrogen-bond donors (Lipinski definition) is 2. The molecule has 4 fully saturated rings. The van der Waals surface area contributed by atoms with Gasteiger partial charge in [-0.05, 0) is 81.5 Å². The van der Waals surface area contributed by atoms with Gasteiger partial charge < -0.3 is 24.9 Å². The minimum atomic E-state index is -1.05. The molecule has 15 heteroatoms. The number of ketones is 2. The van der Waals surface area contributed by atoms with Crippen LogP contribution in [0.2, 0.25) is 5.02 Å². The summed E-state index contributed by atoms with van der Waals surface area (Å²) >= 11 is 6.31. The van der Waals surface area contributed by atoms with Gasteiger partial charge >= 0.3 is 6.03 Å². The number of fused-ring (bicyclic) bond motifs is 1. The summed E-state index contributed by atoms with van der Waals surface area (Å²) in [6.07, 6.45) is 4.20. The highest BCUT2D eigenvalue weighted by Crippen LogP contribution is 2.37. The van der Waals surface area contributed by atoms with E-state index in [9.17, 15) is 24.0 Å². The molecule has 2 unspecified atom stereocenters. The molecule has 1 aliphatic carbocycles. The van der Waals surface area contributed by atoms with Crippen molar-refractivity contribution >= 4 is 69.6 Å². The number of piperazine rings is 2. The number of benzene rings is 2. The molecule has 4 aliphatic heterocycles. The molecule has 0 bridgehead atoms. The van der Waals surface area contributed by atoms with Crippen LogP contribution in [0.25, 0.3) is 4.85 Å². The third kappa shape index (κ3) is 7.85. The third-order valence-electron chi connectivity index (χ3n) is 12.6. The van der Waals surface area contributed by atoms with E-state index in [1.54, 1.807) is 18.3 Å². The fraction of sp³-hybridized carbons (Fsp3) is 0.465. The zero-order valence-electron chi connectivity index (χ0n) is 32.8. The molecule has 2 N–H and O–H groups in total. The van der Waals surface area contributed by atoms with Gasteiger partial charge in [0.25, 0.3) is 0 Å². The molecule has 8 rings (SSSR count). The molecule has 4 saturated heterocycles. The number of rotatable bonds is 7. The van der Waals surface area contributed by atoms with E-state index in [0.717, 1.165) is 75.8 Å². The molecular formula is C43H48ClN9O5. The molecule has 302 valence electrons. The molecule has 4 amide bonds. The summed E-state index contributed by atoms with van der Waals surface area (Å²) in [6.45, 7) is 18.8. The normalized spacial score (nSPS) is 24.4. The largest absolute Gasteiger partial charge is 0.369 e. The molecule has 58 heavy (non-hydrogen) atoms. The maximum Gasteiger partial charge on any atom is 0.322 e. The summed E-state index contributed by atoms with van der Waals surface area (Å²) < 4.78 is 0. The molecular weight excluding hydrogens is 758 g/mol. The Bertz CT molecular complexity index is 2160. The summed E-state index contributed by atoms with van der Waals surface area (Å²) in [5.41, 5.74) is 3.68. The second-order valence-corrected chi connectivity index (χ2v) is 16.7. The lowest BCUT2D eigenvalue weighted by Crippen LogP contribution is -2.59. The lowest BCUT2D eigenvalue weighted by Gasteiger charge is -2.45. The number of hydrogen-bond acceptors (Lipinski definition) is 10. The van der Waals surface area contributed by atoms with Gasteiger partial charge in [-0.3, -0.25) is 29.4 Å². The standard InChI is InChI=1S/C43H48ClN9O5/c1-26-24-53(27(2)23-52(26)31-6-9-36(45-3)35(44)21-31)43(58)47-29-4-10-37(46-22-29)51-14-12-28(13-15-51)25-49-16-18-50(19-17-49)30-5-7-32-34(20-30)41(56)39(40(32)55)33-8-11-38(54)48-42(33)57/h4-7,9-10,20-22,26-28,33,39H,8,11-19,23-25H2,1-2H3,(H,47,58)(H,48,54,57)/t26-,27+,33?,39?/m0/s1. The highest BCUT2D eigenvalue weighted by Gasteiger charge is 2.47. The van der Waals surface area contributed by atoms with Crippen LogP contribution in [-0.2, 0) is 9.59 Å². The SMILES string of the molecule is [C-]#[N+]c1ccc(N2C[C@@H](C)N(C(=O)Nc3ccc(N4CCC(CN5CCN(c6ccc7c(c6)C(=O)C(C6CCC(=O)NC6=O)C7=O)CC5)CC4)nc3)C[C@@H]2C)cc1Cl. The molecule has 0 radical (unpaired) electrons. The average Bonchev–Trinajstić information content (AvgIpc) is 3.47. The average molecular weight is 806 g/mol. The van der Waals surface area contributed by atoms with E-state index < -0.39 is 17.7 Å². The van der Waals surface area contributed by atoms with Crippen molar-refractivity contribution in [2.24, 2.45) is 17.8 Å². The van der Waals surface area contributed by atoms with E-state index in [1.165, 1.54) is 0 Å². The van der Waals surface area contributed by atoms with Crippen LogP contribution < -0.4 is 25.3 Å². The number of halogens is 1. The lowest BCUT2D eigenvalue weighted by atomic mass is 9.82. The first-order valence-corrected chi connectivity index (χ1v) is 20.6. The van der Waals surface area contributed by atoms with Crippen LogP contribution in [0.5, 0.6) is 0 Å². The number of piperidine rings is 2. The van der Waals surface area contributed by atoms with Gasteiger partial charge in [-0.2, -0.15) is 0 Å². The van der Waals surface area contributed by atoms with E-state index in [0.29, 0.717) is 46.5 Å². The number of anilines is 4. The van der Waals surface area contributed by atoms with Gasteiger partial charge in [0, 0.05) is 105 Å². The smallest absolute Gasteiger partial charge is 0.322 e. The second kappa shape index (κ2) is 16.4. The Kier molecular flexibility index (Phi) is 11.1. The quantitative estimate of drug-likeness (QED) is 0.179. The van der Waals surface area contributed by atoms with Crippen LogP contribution in [-0.4, -0.2) is 115 Å². The summed E-state index contributed by atoms with van der Waals surface area (Å²) in [7, 11) is 0. The van der Waals surface area contributed by atoms with E-state index in [1.807, 2.05) is 48.2 Å². The van der Waals surface area contributed by atoms with Crippen molar-refractivity contribution in [2.45, 2.75) is 51.6 Å². The minimum absolute atomic E-state index is 0.0410. The van der Waals surface area contributed by atoms with Gasteiger partial charge in [-0.15, -0.1) is 0 Å². The fourth-order valence-electron chi connectivity index (χ4n) is 9.27. The van der Waals surface area contributed by atoms with Crippen molar-refractivity contribution < 1.29 is 24.0 Å². The molecule has 5 aliphatic rings. The molecule has 5 heterocycles. The van der Waals surface area contributed by atoms with E-state index in [-0.39, 0.29) is 48.4 Å². The van der Waals surface area contributed by atoms with Crippen LogP contribution in [0.3, 0.4) is 0 Å². The number of aromatic nitrogens is 1. The maximum atomic E-state index is 13.4. The van der Waals surface area contributed by atoms with Crippen molar-refractivity contribution in [1.29, 1.82) is 0 Å². The number of nitrogens with one attached hydrogen (secondary N) is 2. The number of amides is 4. The summed E-state index contributed by atoms with van der Waals surface area (Å²) in [5.74, 6) is -1.93. The number of imide groups is 1. The highest BCUT2D eigenvalue weighted by molar-refractivity contribution is 6.33. The lowest BCUT2D eigenvalue weighted by molar-refractivity contribution is -0.137. The predicted octanol–water partition coefficient (Wildman–Crippen LogP) is 5.50. The van der Waals surface area contributed by atoms with Gasteiger partial charge in [-0.25, -0.2) is 14.6 Å².